The van der Waals surface area contributed by atoms with Gasteiger partial charge in [0.2, 0.25) is 0 Å². The monoisotopic (exact) mass is 191 g/mol. The van der Waals surface area contributed by atoms with Crippen molar-refractivity contribution in [1.82, 2.24) is 0 Å². The molecule has 1 heterocycles. The molecule has 0 N–H and O–H groups in total. The third kappa shape index (κ3) is 1.70. The predicted molar refractivity (Wildman–Crippen MR) is 49.9 cm³/mol. The molecule has 5 nitrogen and oxygen atoms in total. The summed E-state index contributed by atoms with van der Waals surface area (Å²) in [6, 6.07) is 7.24. The van der Waals surface area contributed by atoms with Crippen molar-refractivity contribution in [2.45, 2.75) is 6.29 Å². The molecule has 0 aliphatic carbocycles. The summed E-state index contributed by atoms with van der Waals surface area (Å²) in [4.78, 5) is 2.75. The van der Waals surface area contributed by atoms with Crippen LogP contribution in [0.25, 0.3) is 10.4 Å². The Hall–Kier alpha value is -1.55. The van der Waals surface area contributed by atoms with E-state index in [0.717, 1.165) is 5.56 Å². The van der Waals surface area contributed by atoms with E-state index < -0.39 is 6.29 Å². The predicted octanol–water partition coefficient (Wildman–Crippen LogP) is 2.67. The van der Waals surface area contributed by atoms with Crippen LogP contribution in [0.5, 0.6) is 0 Å². The summed E-state index contributed by atoms with van der Waals surface area (Å²) in [5.41, 5.74) is 9.70. The Morgan fingerprint density at radius 1 is 1.29 bits per heavy atom. The molecule has 2 rings (SSSR count). The summed E-state index contributed by atoms with van der Waals surface area (Å²) in [5.74, 6) is 0. The molecule has 14 heavy (non-hydrogen) atoms. The molecule has 5 heteroatoms. The summed E-state index contributed by atoms with van der Waals surface area (Å²) in [5, 5.41) is 3.57. The molecule has 1 aliphatic heterocycles. The Bertz CT molecular complexity index is 368. The van der Waals surface area contributed by atoms with Crippen molar-refractivity contribution in [3.63, 3.8) is 0 Å². The van der Waals surface area contributed by atoms with Crippen molar-refractivity contribution in [2.75, 3.05) is 13.2 Å². The largest absolute Gasteiger partial charge is 0.346 e. The second-order valence-electron chi connectivity index (χ2n) is 2.82. The van der Waals surface area contributed by atoms with Gasteiger partial charge >= 0.3 is 0 Å². The van der Waals surface area contributed by atoms with Gasteiger partial charge in [-0.3, -0.25) is 0 Å². The van der Waals surface area contributed by atoms with Crippen molar-refractivity contribution >= 4 is 5.69 Å². The molecule has 0 unspecified atom stereocenters. The molecule has 1 aromatic rings. The standard InChI is InChI=1S/C9H9N3O2/c10-12-11-8-4-2-1-3-7(8)9-13-5-6-14-9/h1-4,9H,5-6H2. The molecule has 1 aromatic carbocycles. The van der Waals surface area contributed by atoms with E-state index in [2.05, 4.69) is 10.0 Å². The van der Waals surface area contributed by atoms with Gasteiger partial charge in [0.15, 0.2) is 6.29 Å². The Morgan fingerprint density at radius 3 is 2.71 bits per heavy atom. The summed E-state index contributed by atoms with van der Waals surface area (Å²) < 4.78 is 10.6. The topological polar surface area (TPSA) is 67.2 Å². The fraction of sp³-hybridized carbons (Fsp3) is 0.333. The summed E-state index contributed by atoms with van der Waals surface area (Å²) >= 11 is 0. The van der Waals surface area contributed by atoms with Crippen molar-refractivity contribution in [2.24, 2.45) is 5.11 Å². The number of ether oxygens (including phenoxy) is 2. The molecule has 1 aliphatic rings. The number of nitrogens with zero attached hydrogens (tertiary/aromatic N) is 3. The third-order valence-electron chi connectivity index (χ3n) is 1.96. The van der Waals surface area contributed by atoms with E-state index in [9.17, 15) is 0 Å². The van der Waals surface area contributed by atoms with Gasteiger partial charge in [-0.1, -0.05) is 29.4 Å². The van der Waals surface area contributed by atoms with E-state index in [1.165, 1.54) is 0 Å². The lowest BCUT2D eigenvalue weighted by Crippen LogP contribution is -1.97. The second kappa shape index (κ2) is 4.11. The van der Waals surface area contributed by atoms with Crippen LogP contribution in [0, 0.1) is 0 Å². The fourth-order valence-electron chi connectivity index (χ4n) is 1.36. The molecule has 0 aromatic heterocycles. The molecule has 0 bridgehead atoms. The van der Waals surface area contributed by atoms with Crippen LogP contribution in [-0.2, 0) is 9.47 Å². The van der Waals surface area contributed by atoms with Crippen LogP contribution in [0.15, 0.2) is 29.4 Å². The zero-order valence-corrected chi connectivity index (χ0v) is 7.46. The van der Waals surface area contributed by atoms with Crippen LogP contribution < -0.4 is 0 Å². The normalized spacial score (nSPS) is 16.6. The van der Waals surface area contributed by atoms with Crippen LogP contribution in [-0.4, -0.2) is 13.2 Å². The lowest BCUT2D eigenvalue weighted by Gasteiger charge is -2.10. The molecule has 0 radical (unpaired) electrons. The van der Waals surface area contributed by atoms with Gasteiger partial charge in [-0.15, -0.1) is 0 Å². The van der Waals surface area contributed by atoms with Gasteiger partial charge in [0.1, 0.15) is 0 Å². The number of hydrogen-bond donors (Lipinski definition) is 0. The highest BCUT2D eigenvalue weighted by molar-refractivity contribution is 5.46. The van der Waals surface area contributed by atoms with Gasteiger partial charge in [0, 0.05) is 16.2 Å². The quantitative estimate of drug-likeness (QED) is 0.409. The molecular formula is C9H9N3O2. The first kappa shape index (κ1) is 9.02. The van der Waals surface area contributed by atoms with Crippen molar-refractivity contribution in [3.05, 3.63) is 40.3 Å². The van der Waals surface area contributed by atoms with Crippen molar-refractivity contribution in [3.8, 4) is 0 Å². The zero-order valence-electron chi connectivity index (χ0n) is 7.46. The van der Waals surface area contributed by atoms with Crippen molar-refractivity contribution in [1.29, 1.82) is 0 Å². The Kier molecular flexibility index (Phi) is 2.65. The highest BCUT2D eigenvalue weighted by Crippen LogP contribution is 2.31. The van der Waals surface area contributed by atoms with Crippen LogP contribution in [0.4, 0.5) is 5.69 Å². The molecule has 0 amide bonds. The third-order valence-corrected chi connectivity index (χ3v) is 1.96. The van der Waals surface area contributed by atoms with Crippen LogP contribution in [0.1, 0.15) is 11.9 Å². The van der Waals surface area contributed by atoms with E-state index in [0.29, 0.717) is 18.9 Å². The minimum Gasteiger partial charge on any atom is -0.346 e. The van der Waals surface area contributed by atoms with Crippen LogP contribution >= 0.6 is 0 Å². The van der Waals surface area contributed by atoms with E-state index >= 15 is 0 Å². The Balaban J connectivity index is 2.34. The highest BCUT2D eigenvalue weighted by atomic mass is 16.7. The summed E-state index contributed by atoms with van der Waals surface area (Å²) in [6.45, 7) is 1.16. The van der Waals surface area contributed by atoms with E-state index in [-0.39, 0.29) is 0 Å². The van der Waals surface area contributed by atoms with Gasteiger partial charge in [-0.25, -0.2) is 0 Å². The maximum absolute atomic E-state index is 8.36. The average molecular weight is 191 g/mol. The van der Waals surface area contributed by atoms with E-state index in [1.807, 2.05) is 18.2 Å². The number of azide groups is 1. The van der Waals surface area contributed by atoms with Crippen molar-refractivity contribution < 1.29 is 9.47 Å². The van der Waals surface area contributed by atoms with Gasteiger partial charge in [0.25, 0.3) is 0 Å². The minimum atomic E-state index is -0.392. The highest BCUT2D eigenvalue weighted by Gasteiger charge is 2.20. The van der Waals surface area contributed by atoms with Gasteiger partial charge < -0.3 is 9.47 Å². The van der Waals surface area contributed by atoms with Gasteiger partial charge in [-0.05, 0) is 5.53 Å². The van der Waals surface area contributed by atoms with Gasteiger partial charge in [0.05, 0.1) is 13.2 Å². The van der Waals surface area contributed by atoms with Crippen LogP contribution in [0.2, 0.25) is 0 Å². The number of rotatable bonds is 2. The lowest BCUT2D eigenvalue weighted by molar-refractivity contribution is -0.0436. The molecular weight excluding hydrogens is 182 g/mol. The Labute approximate surface area is 80.9 Å². The summed E-state index contributed by atoms with van der Waals surface area (Å²) in [7, 11) is 0. The van der Waals surface area contributed by atoms with Gasteiger partial charge in [-0.2, -0.15) is 0 Å². The Morgan fingerprint density at radius 2 is 2.00 bits per heavy atom. The lowest BCUT2D eigenvalue weighted by atomic mass is 10.2. The van der Waals surface area contributed by atoms with E-state index in [4.69, 9.17) is 15.0 Å². The average Bonchev–Trinajstić information content (AvgIpc) is 2.72. The first-order valence-electron chi connectivity index (χ1n) is 4.29. The zero-order chi connectivity index (χ0) is 9.80. The second-order valence-corrected chi connectivity index (χ2v) is 2.82. The first-order valence-corrected chi connectivity index (χ1v) is 4.29. The smallest absolute Gasteiger partial charge is 0.184 e. The SMILES string of the molecule is [N-]=[N+]=Nc1ccccc1C1OCCO1. The number of benzene rings is 1. The molecule has 72 valence electrons. The number of hydrogen-bond acceptors (Lipinski definition) is 3. The molecule has 0 saturated carbocycles. The minimum absolute atomic E-state index is 0.392. The first-order chi connectivity index (χ1) is 6.92. The molecule has 0 atom stereocenters. The maximum Gasteiger partial charge on any atom is 0.184 e. The maximum atomic E-state index is 8.36. The summed E-state index contributed by atoms with van der Waals surface area (Å²) in [6.07, 6.45) is -0.392. The van der Waals surface area contributed by atoms with E-state index in [1.54, 1.807) is 6.07 Å². The molecule has 1 saturated heterocycles. The fourth-order valence-corrected chi connectivity index (χ4v) is 1.36. The van der Waals surface area contributed by atoms with Crippen LogP contribution in [0.3, 0.4) is 0 Å². The molecule has 0 spiro atoms. The molecule has 1 fully saturated rings.